The van der Waals surface area contributed by atoms with E-state index in [1.807, 2.05) is 36.0 Å². The second-order valence-electron chi connectivity index (χ2n) is 4.22. The lowest BCUT2D eigenvalue weighted by molar-refractivity contribution is -0.140. The highest BCUT2D eigenvalue weighted by molar-refractivity contribution is 5.85. The number of carbonyl (C=O) groups excluding carboxylic acids is 1. The maximum Gasteiger partial charge on any atom is 0.305 e. The fourth-order valence-electron chi connectivity index (χ4n) is 2.11. The topological polar surface area (TPSA) is 40.5 Å². The zero-order valence-electron chi connectivity index (χ0n) is 10.9. The van der Waals surface area contributed by atoms with Crippen molar-refractivity contribution in [1.82, 2.24) is 4.57 Å². The summed E-state index contributed by atoms with van der Waals surface area (Å²) < 4.78 is 11.9. The minimum absolute atomic E-state index is 0.180. The highest BCUT2D eigenvalue weighted by Gasteiger charge is 2.09. The Morgan fingerprint density at radius 3 is 2.78 bits per heavy atom. The number of hydrogen-bond acceptors (Lipinski definition) is 3. The maximum absolute atomic E-state index is 11.2. The molecule has 0 saturated carbocycles. The summed E-state index contributed by atoms with van der Waals surface area (Å²) in [7, 11) is 5.06. The highest BCUT2D eigenvalue weighted by atomic mass is 16.5. The number of aryl methyl sites for hydroxylation is 2. The molecule has 0 bridgehead atoms. The predicted octanol–water partition coefficient (Wildman–Crippen LogP) is 2.29. The summed E-state index contributed by atoms with van der Waals surface area (Å²) in [6.45, 7) is 0. The lowest BCUT2D eigenvalue weighted by Gasteiger charge is -2.02. The first-order valence-corrected chi connectivity index (χ1v) is 5.84. The summed E-state index contributed by atoms with van der Waals surface area (Å²) in [5.41, 5.74) is 2.26. The van der Waals surface area contributed by atoms with Gasteiger partial charge in [-0.25, -0.2) is 0 Å². The molecule has 0 saturated heterocycles. The Balaban J connectivity index is 2.32. The van der Waals surface area contributed by atoms with Crippen LogP contribution in [0.5, 0.6) is 5.75 Å². The highest BCUT2D eigenvalue weighted by Crippen LogP contribution is 2.26. The molecule has 0 atom stereocenters. The van der Waals surface area contributed by atoms with Crippen molar-refractivity contribution in [2.45, 2.75) is 12.8 Å². The van der Waals surface area contributed by atoms with Gasteiger partial charge in [0.15, 0.2) is 0 Å². The van der Waals surface area contributed by atoms with Crippen LogP contribution in [0.4, 0.5) is 0 Å². The molecule has 0 aliphatic heterocycles. The van der Waals surface area contributed by atoms with Gasteiger partial charge in [0.1, 0.15) is 5.75 Å². The molecule has 4 nitrogen and oxygen atoms in total. The summed E-state index contributed by atoms with van der Waals surface area (Å²) >= 11 is 0. The molecule has 0 fully saturated rings. The average molecular weight is 247 g/mol. The standard InChI is InChI=1S/C14H17NO3/c1-15-9-10(4-7-14(16)18-3)12-6-5-11(17-2)8-13(12)15/h5-6,8-9H,4,7H2,1-3H3. The number of rotatable bonds is 4. The van der Waals surface area contributed by atoms with Crippen LogP contribution in [0.1, 0.15) is 12.0 Å². The van der Waals surface area contributed by atoms with E-state index in [1.165, 1.54) is 7.11 Å². The molecule has 0 amide bonds. The number of methoxy groups -OCH3 is 2. The summed E-state index contributed by atoms with van der Waals surface area (Å²) in [5, 5.41) is 1.15. The third-order valence-corrected chi connectivity index (χ3v) is 3.11. The Kier molecular flexibility index (Phi) is 3.55. The van der Waals surface area contributed by atoms with Gasteiger partial charge in [0, 0.05) is 31.1 Å². The van der Waals surface area contributed by atoms with Gasteiger partial charge in [-0.1, -0.05) is 0 Å². The third-order valence-electron chi connectivity index (χ3n) is 3.11. The number of ether oxygens (including phenoxy) is 2. The van der Waals surface area contributed by atoms with Crippen molar-refractivity contribution in [1.29, 1.82) is 0 Å². The van der Waals surface area contributed by atoms with E-state index in [2.05, 4.69) is 4.74 Å². The van der Waals surface area contributed by atoms with E-state index in [0.717, 1.165) is 22.2 Å². The number of nitrogens with zero attached hydrogens (tertiary/aromatic N) is 1. The summed E-state index contributed by atoms with van der Waals surface area (Å²) in [5.74, 6) is 0.656. The molecule has 2 aromatic rings. The van der Waals surface area contributed by atoms with Crippen molar-refractivity contribution >= 4 is 16.9 Å². The van der Waals surface area contributed by atoms with E-state index < -0.39 is 0 Å². The van der Waals surface area contributed by atoms with Crippen molar-refractivity contribution in [3.8, 4) is 5.75 Å². The summed E-state index contributed by atoms with van der Waals surface area (Å²) in [6, 6.07) is 5.96. The van der Waals surface area contributed by atoms with Crippen LogP contribution in [0, 0.1) is 0 Å². The lowest BCUT2D eigenvalue weighted by Crippen LogP contribution is -2.01. The molecule has 2 rings (SSSR count). The van der Waals surface area contributed by atoms with Gasteiger partial charge in [-0.2, -0.15) is 0 Å². The van der Waals surface area contributed by atoms with E-state index in [9.17, 15) is 4.79 Å². The Morgan fingerprint density at radius 2 is 2.11 bits per heavy atom. The minimum Gasteiger partial charge on any atom is -0.497 e. The largest absolute Gasteiger partial charge is 0.497 e. The molecule has 0 aliphatic rings. The van der Waals surface area contributed by atoms with E-state index in [-0.39, 0.29) is 5.97 Å². The van der Waals surface area contributed by atoms with E-state index >= 15 is 0 Å². The van der Waals surface area contributed by atoms with Gasteiger partial charge in [-0.15, -0.1) is 0 Å². The molecule has 1 heterocycles. The number of esters is 1. The fourth-order valence-corrected chi connectivity index (χ4v) is 2.11. The summed E-state index contributed by atoms with van der Waals surface area (Å²) in [4.78, 5) is 11.2. The number of hydrogen-bond donors (Lipinski definition) is 0. The van der Waals surface area contributed by atoms with Gasteiger partial charge in [-0.3, -0.25) is 4.79 Å². The van der Waals surface area contributed by atoms with Crippen molar-refractivity contribution in [3.63, 3.8) is 0 Å². The monoisotopic (exact) mass is 247 g/mol. The van der Waals surface area contributed by atoms with Crippen molar-refractivity contribution < 1.29 is 14.3 Å². The Morgan fingerprint density at radius 1 is 1.33 bits per heavy atom. The molecule has 0 N–H and O–H groups in total. The molecule has 1 aromatic carbocycles. The molecule has 0 aliphatic carbocycles. The second kappa shape index (κ2) is 5.12. The molecule has 1 aromatic heterocycles. The molecule has 18 heavy (non-hydrogen) atoms. The molecule has 0 spiro atoms. The first-order chi connectivity index (χ1) is 8.65. The molecule has 4 heteroatoms. The molecule has 0 radical (unpaired) electrons. The Labute approximate surface area is 106 Å². The van der Waals surface area contributed by atoms with Crippen molar-refractivity contribution in [2.24, 2.45) is 7.05 Å². The zero-order valence-corrected chi connectivity index (χ0v) is 10.9. The Hall–Kier alpha value is -1.97. The van der Waals surface area contributed by atoms with E-state index in [0.29, 0.717) is 12.8 Å². The summed E-state index contributed by atoms with van der Waals surface area (Å²) in [6.07, 6.45) is 3.14. The van der Waals surface area contributed by atoms with Gasteiger partial charge >= 0.3 is 5.97 Å². The number of fused-ring (bicyclic) bond motifs is 1. The van der Waals surface area contributed by atoms with E-state index in [1.54, 1.807) is 7.11 Å². The van der Waals surface area contributed by atoms with Gasteiger partial charge in [-0.05, 0) is 24.1 Å². The van der Waals surface area contributed by atoms with Crippen LogP contribution in [0.25, 0.3) is 10.9 Å². The number of carbonyl (C=O) groups is 1. The van der Waals surface area contributed by atoms with Crippen LogP contribution in [-0.4, -0.2) is 24.8 Å². The van der Waals surface area contributed by atoms with E-state index in [4.69, 9.17) is 4.74 Å². The van der Waals surface area contributed by atoms with Crippen LogP contribution < -0.4 is 4.74 Å². The van der Waals surface area contributed by atoms with Gasteiger partial charge in [0.2, 0.25) is 0 Å². The lowest BCUT2D eigenvalue weighted by atomic mass is 10.1. The van der Waals surface area contributed by atoms with Crippen molar-refractivity contribution in [3.05, 3.63) is 30.0 Å². The number of aromatic nitrogens is 1. The quantitative estimate of drug-likeness (QED) is 0.778. The molecule has 0 unspecified atom stereocenters. The SMILES string of the molecule is COC(=O)CCc1cn(C)c2cc(OC)ccc12. The van der Waals surface area contributed by atoms with Crippen LogP contribution in [0.3, 0.4) is 0 Å². The van der Waals surface area contributed by atoms with Crippen LogP contribution >= 0.6 is 0 Å². The normalized spacial score (nSPS) is 10.6. The zero-order chi connectivity index (χ0) is 13.1. The van der Waals surface area contributed by atoms with Crippen LogP contribution in [-0.2, 0) is 23.0 Å². The van der Waals surface area contributed by atoms with Gasteiger partial charge in [0.05, 0.1) is 19.7 Å². The molecule has 96 valence electrons. The first-order valence-electron chi connectivity index (χ1n) is 5.84. The predicted molar refractivity (Wildman–Crippen MR) is 69.8 cm³/mol. The van der Waals surface area contributed by atoms with Crippen LogP contribution in [0.15, 0.2) is 24.4 Å². The first kappa shape index (κ1) is 12.5. The van der Waals surface area contributed by atoms with Gasteiger partial charge in [0.25, 0.3) is 0 Å². The van der Waals surface area contributed by atoms with Crippen molar-refractivity contribution in [2.75, 3.05) is 14.2 Å². The second-order valence-corrected chi connectivity index (χ2v) is 4.22. The Bertz CT molecular complexity index is 572. The maximum atomic E-state index is 11.2. The fraction of sp³-hybridized carbons (Fsp3) is 0.357. The number of benzene rings is 1. The minimum atomic E-state index is -0.180. The smallest absolute Gasteiger partial charge is 0.305 e. The average Bonchev–Trinajstić information content (AvgIpc) is 2.72. The third kappa shape index (κ3) is 2.32. The van der Waals surface area contributed by atoms with Gasteiger partial charge < -0.3 is 14.0 Å². The molecular formula is C14H17NO3. The molecular weight excluding hydrogens is 230 g/mol. The van der Waals surface area contributed by atoms with Crippen LogP contribution in [0.2, 0.25) is 0 Å².